The van der Waals surface area contributed by atoms with E-state index in [1.165, 1.54) is 19.3 Å². The minimum Gasteiger partial charge on any atom is -0.481 e. The first-order valence-electron chi connectivity index (χ1n) is 13.9. The van der Waals surface area contributed by atoms with E-state index in [1.54, 1.807) is 0 Å². The van der Waals surface area contributed by atoms with Crippen LogP contribution >= 0.6 is 0 Å². The summed E-state index contributed by atoms with van der Waals surface area (Å²) in [6.45, 7) is 19.9. The fraction of sp³-hybridized carbons (Fsp3) is 0.900. The summed E-state index contributed by atoms with van der Waals surface area (Å²) in [6.07, 6.45) is 13.6. The molecule has 0 aliphatic carbocycles. The molecule has 7 heteroatoms. The average molecular weight is 620 g/mol. The summed E-state index contributed by atoms with van der Waals surface area (Å²) in [6, 6.07) is 0. The number of carboxylic acids is 3. The van der Waals surface area contributed by atoms with Crippen molar-refractivity contribution in [3.8, 4) is 0 Å². The molecular formula is C30H60O6Rh. The Balaban J connectivity index is -0.000000218. The minimum atomic E-state index is -0.675. The maximum Gasteiger partial charge on any atom is 0.303 e. The van der Waals surface area contributed by atoms with Gasteiger partial charge in [-0.1, -0.05) is 101 Å². The summed E-state index contributed by atoms with van der Waals surface area (Å²) in [5.41, 5.74) is 1.18. The molecule has 0 spiro atoms. The van der Waals surface area contributed by atoms with Gasteiger partial charge in [-0.25, -0.2) is 0 Å². The van der Waals surface area contributed by atoms with Crippen LogP contribution in [0.2, 0.25) is 0 Å². The van der Waals surface area contributed by atoms with Crippen molar-refractivity contribution in [3.63, 3.8) is 0 Å². The largest absolute Gasteiger partial charge is 0.481 e. The number of rotatable bonds is 15. The van der Waals surface area contributed by atoms with Gasteiger partial charge in [-0.2, -0.15) is 0 Å². The molecule has 0 saturated heterocycles. The summed E-state index contributed by atoms with van der Waals surface area (Å²) in [5.74, 6) is -2.03. The topological polar surface area (TPSA) is 112 Å². The molecule has 0 aromatic rings. The summed E-state index contributed by atoms with van der Waals surface area (Å²) in [5, 5.41) is 25.1. The summed E-state index contributed by atoms with van der Waals surface area (Å²) in [4.78, 5) is 30.5. The van der Waals surface area contributed by atoms with Gasteiger partial charge in [0.1, 0.15) is 0 Å². The van der Waals surface area contributed by atoms with Gasteiger partial charge in [0, 0.05) is 38.7 Å². The van der Waals surface area contributed by atoms with Crippen LogP contribution in [0.4, 0.5) is 0 Å². The maximum absolute atomic E-state index is 10.2. The van der Waals surface area contributed by atoms with Crippen molar-refractivity contribution < 1.29 is 49.2 Å². The Kier molecular flexibility index (Phi) is 28.1. The fourth-order valence-corrected chi connectivity index (χ4v) is 3.32. The molecule has 1 radical (unpaired) electrons. The first-order chi connectivity index (χ1) is 16.2. The van der Waals surface area contributed by atoms with Crippen molar-refractivity contribution in [3.05, 3.63) is 0 Å². The predicted molar refractivity (Wildman–Crippen MR) is 151 cm³/mol. The quantitative estimate of drug-likeness (QED) is 0.124. The Morgan fingerprint density at radius 1 is 0.405 bits per heavy atom. The van der Waals surface area contributed by atoms with E-state index in [2.05, 4.69) is 62.3 Å². The van der Waals surface area contributed by atoms with Crippen LogP contribution < -0.4 is 0 Å². The van der Waals surface area contributed by atoms with Gasteiger partial charge in [-0.3, -0.25) is 14.4 Å². The van der Waals surface area contributed by atoms with E-state index in [-0.39, 0.29) is 19.5 Å². The monoisotopic (exact) mass is 619 g/mol. The number of aliphatic carboxylic acids is 3. The average Bonchev–Trinajstić information content (AvgIpc) is 2.65. The van der Waals surface area contributed by atoms with Gasteiger partial charge < -0.3 is 15.3 Å². The molecular weight excluding hydrogens is 559 g/mol. The van der Waals surface area contributed by atoms with E-state index in [9.17, 15) is 14.4 Å². The SMILES string of the molecule is CC(C)(C)CCCCCC(=O)O.CC(C)(C)CCCCCC(=O)O.CC(C)(C)CCCCCC(=O)O.[Rh]. The van der Waals surface area contributed by atoms with E-state index in [4.69, 9.17) is 15.3 Å². The van der Waals surface area contributed by atoms with Gasteiger partial charge in [0.25, 0.3) is 0 Å². The molecule has 0 bridgehead atoms. The summed E-state index contributed by atoms with van der Waals surface area (Å²) in [7, 11) is 0. The Bertz CT molecular complexity index is 487. The summed E-state index contributed by atoms with van der Waals surface area (Å²) >= 11 is 0. The maximum atomic E-state index is 10.2. The molecule has 3 N–H and O–H groups in total. The molecule has 0 heterocycles. The molecule has 0 fully saturated rings. The third-order valence-electron chi connectivity index (χ3n) is 5.45. The minimum absolute atomic E-state index is 0. The molecule has 0 aliphatic heterocycles. The Morgan fingerprint density at radius 3 is 0.730 bits per heavy atom. The van der Waals surface area contributed by atoms with E-state index >= 15 is 0 Å². The zero-order valence-corrected chi connectivity index (χ0v) is 27.1. The van der Waals surface area contributed by atoms with E-state index in [1.807, 2.05) is 0 Å². The predicted octanol–water partition coefficient (Wildman–Crippen LogP) is 9.20. The summed E-state index contributed by atoms with van der Waals surface area (Å²) < 4.78 is 0. The third kappa shape index (κ3) is 56.4. The number of carboxylic acid groups (broad SMARTS) is 3. The van der Waals surface area contributed by atoms with Gasteiger partial charge in [0.15, 0.2) is 0 Å². The Hall–Kier alpha value is -0.967. The molecule has 0 aromatic carbocycles. The number of unbranched alkanes of at least 4 members (excludes halogenated alkanes) is 6. The second kappa shape index (κ2) is 24.1. The molecule has 0 amide bonds. The third-order valence-corrected chi connectivity index (χ3v) is 5.45. The molecule has 0 unspecified atom stereocenters. The van der Waals surface area contributed by atoms with E-state index < -0.39 is 17.9 Å². The first-order valence-corrected chi connectivity index (χ1v) is 13.9. The van der Waals surface area contributed by atoms with Crippen LogP contribution in [0.1, 0.15) is 159 Å². The molecule has 6 nitrogen and oxygen atoms in total. The molecule has 0 aromatic heterocycles. The van der Waals surface area contributed by atoms with Gasteiger partial charge in [-0.15, -0.1) is 0 Å². The van der Waals surface area contributed by atoms with Crippen molar-refractivity contribution in [2.24, 2.45) is 16.2 Å². The molecule has 225 valence electrons. The second-order valence-electron chi connectivity index (χ2n) is 13.5. The molecule has 0 aliphatic rings. The molecule has 0 atom stereocenters. The standard InChI is InChI=1S/3C10H20O2.Rh/c3*1-10(2,3)8-6-4-5-7-9(11)12;/h3*4-8H2,1-3H3,(H,11,12);. The normalized spacial score (nSPS) is 11.3. The van der Waals surface area contributed by atoms with Crippen LogP contribution in [0.25, 0.3) is 0 Å². The van der Waals surface area contributed by atoms with Crippen molar-refractivity contribution in [2.45, 2.75) is 159 Å². The molecule has 0 rings (SSSR count). The van der Waals surface area contributed by atoms with Crippen LogP contribution in [0, 0.1) is 16.2 Å². The van der Waals surface area contributed by atoms with Gasteiger partial charge >= 0.3 is 17.9 Å². The van der Waals surface area contributed by atoms with Gasteiger partial charge in [0.2, 0.25) is 0 Å². The van der Waals surface area contributed by atoms with Crippen molar-refractivity contribution >= 4 is 17.9 Å². The van der Waals surface area contributed by atoms with Crippen LogP contribution in [0.5, 0.6) is 0 Å². The second-order valence-corrected chi connectivity index (χ2v) is 13.5. The van der Waals surface area contributed by atoms with Crippen molar-refractivity contribution in [2.75, 3.05) is 0 Å². The van der Waals surface area contributed by atoms with Gasteiger partial charge in [0.05, 0.1) is 0 Å². The Labute approximate surface area is 241 Å². The smallest absolute Gasteiger partial charge is 0.303 e. The zero-order valence-electron chi connectivity index (χ0n) is 25.5. The number of hydrogen-bond donors (Lipinski definition) is 3. The molecule has 37 heavy (non-hydrogen) atoms. The first kappa shape index (κ1) is 43.1. The van der Waals surface area contributed by atoms with Crippen molar-refractivity contribution in [1.29, 1.82) is 0 Å². The number of carbonyl (C=O) groups is 3. The fourth-order valence-electron chi connectivity index (χ4n) is 3.32. The van der Waals surface area contributed by atoms with Crippen LogP contribution in [0.3, 0.4) is 0 Å². The van der Waals surface area contributed by atoms with Crippen LogP contribution in [-0.2, 0) is 33.9 Å². The van der Waals surface area contributed by atoms with E-state index in [0.717, 1.165) is 57.8 Å². The van der Waals surface area contributed by atoms with Crippen molar-refractivity contribution in [1.82, 2.24) is 0 Å². The number of hydrogen-bond acceptors (Lipinski definition) is 3. The zero-order chi connectivity index (χ0) is 28.8. The van der Waals surface area contributed by atoms with E-state index in [0.29, 0.717) is 35.5 Å². The van der Waals surface area contributed by atoms with Crippen LogP contribution in [-0.4, -0.2) is 33.2 Å². The Morgan fingerprint density at radius 2 is 0.595 bits per heavy atom. The molecule has 0 saturated carbocycles. The van der Waals surface area contributed by atoms with Crippen LogP contribution in [0.15, 0.2) is 0 Å². The van der Waals surface area contributed by atoms with Gasteiger partial charge in [-0.05, 0) is 54.8 Å².